The molecule has 0 saturated heterocycles. The van der Waals surface area contributed by atoms with Gasteiger partial charge in [0.05, 0.1) is 0 Å². The highest BCUT2D eigenvalue weighted by Crippen LogP contribution is 2.25. The van der Waals surface area contributed by atoms with E-state index in [9.17, 15) is 0 Å². The minimum Gasteiger partial charge on any atom is -0.313 e. The maximum absolute atomic E-state index is 3.73. The summed E-state index contributed by atoms with van der Waals surface area (Å²) in [6.45, 7) is 14.1. The van der Waals surface area contributed by atoms with E-state index in [4.69, 9.17) is 0 Å². The van der Waals surface area contributed by atoms with Crippen LogP contribution in [0.5, 0.6) is 0 Å². The third kappa shape index (κ3) is 6.58. The van der Waals surface area contributed by atoms with E-state index in [-0.39, 0.29) is 0 Å². The maximum atomic E-state index is 3.73. The molecule has 2 unspecified atom stereocenters. The van der Waals surface area contributed by atoms with E-state index in [1.54, 1.807) is 0 Å². The van der Waals surface area contributed by atoms with Crippen LogP contribution in [-0.4, -0.2) is 36.1 Å². The van der Waals surface area contributed by atoms with Crippen molar-refractivity contribution in [2.45, 2.75) is 97.7 Å². The Balaban J connectivity index is 2.43. The lowest BCUT2D eigenvalue weighted by Crippen LogP contribution is -2.47. The Morgan fingerprint density at radius 1 is 1.05 bits per heavy atom. The van der Waals surface area contributed by atoms with Gasteiger partial charge in [0.15, 0.2) is 0 Å². The number of hydrogen-bond donors (Lipinski definition) is 1. The van der Waals surface area contributed by atoms with Gasteiger partial charge in [-0.05, 0) is 52.0 Å². The highest BCUT2D eigenvalue weighted by molar-refractivity contribution is 4.82. The predicted molar refractivity (Wildman–Crippen MR) is 90.3 cm³/mol. The zero-order valence-electron chi connectivity index (χ0n) is 14.6. The van der Waals surface area contributed by atoms with Gasteiger partial charge in [-0.3, -0.25) is 4.90 Å². The van der Waals surface area contributed by atoms with Gasteiger partial charge in [-0.25, -0.2) is 0 Å². The van der Waals surface area contributed by atoms with Crippen LogP contribution < -0.4 is 5.32 Å². The van der Waals surface area contributed by atoms with Crippen molar-refractivity contribution in [3.8, 4) is 0 Å². The summed E-state index contributed by atoms with van der Waals surface area (Å²) in [5.41, 5.74) is 0. The molecule has 0 aromatic rings. The number of hydrogen-bond acceptors (Lipinski definition) is 2. The Morgan fingerprint density at radius 3 is 2.25 bits per heavy atom. The van der Waals surface area contributed by atoms with Crippen LogP contribution in [0, 0.1) is 5.92 Å². The zero-order chi connectivity index (χ0) is 15.0. The SMILES string of the molecule is CCCC(C)NCC(C)N(CCC(C)C)C1CCCC1. The van der Waals surface area contributed by atoms with Crippen LogP contribution in [0.1, 0.15) is 79.6 Å². The summed E-state index contributed by atoms with van der Waals surface area (Å²) in [5, 5.41) is 3.73. The van der Waals surface area contributed by atoms with Crippen LogP contribution in [0.2, 0.25) is 0 Å². The molecule has 1 rings (SSSR count). The van der Waals surface area contributed by atoms with Crippen molar-refractivity contribution in [3.05, 3.63) is 0 Å². The second-order valence-corrected chi connectivity index (χ2v) is 7.31. The smallest absolute Gasteiger partial charge is 0.0195 e. The predicted octanol–water partition coefficient (Wildman–Crippen LogP) is 4.44. The summed E-state index contributed by atoms with van der Waals surface area (Å²) >= 11 is 0. The van der Waals surface area contributed by atoms with Gasteiger partial charge in [0.1, 0.15) is 0 Å². The quantitative estimate of drug-likeness (QED) is 0.637. The van der Waals surface area contributed by atoms with Crippen LogP contribution in [0.25, 0.3) is 0 Å². The molecule has 1 N–H and O–H groups in total. The van der Waals surface area contributed by atoms with E-state index in [0.29, 0.717) is 12.1 Å². The van der Waals surface area contributed by atoms with Gasteiger partial charge in [-0.2, -0.15) is 0 Å². The summed E-state index contributed by atoms with van der Waals surface area (Å²) in [5.74, 6) is 0.818. The number of nitrogens with zero attached hydrogens (tertiary/aromatic N) is 1. The Kier molecular flexibility index (Phi) is 8.79. The average molecular weight is 283 g/mol. The topological polar surface area (TPSA) is 15.3 Å². The molecule has 2 nitrogen and oxygen atoms in total. The highest BCUT2D eigenvalue weighted by atomic mass is 15.2. The van der Waals surface area contributed by atoms with Crippen molar-refractivity contribution in [1.82, 2.24) is 10.2 Å². The van der Waals surface area contributed by atoms with E-state index < -0.39 is 0 Å². The molecular formula is C18H38N2. The Hall–Kier alpha value is -0.0800. The molecule has 0 radical (unpaired) electrons. The molecular weight excluding hydrogens is 244 g/mol. The summed E-state index contributed by atoms with van der Waals surface area (Å²) in [6, 6.07) is 2.20. The maximum Gasteiger partial charge on any atom is 0.0195 e. The molecule has 0 spiro atoms. The van der Waals surface area contributed by atoms with E-state index in [1.807, 2.05) is 0 Å². The van der Waals surface area contributed by atoms with Gasteiger partial charge in [-0.1, -0.05) is 40.0 Å². The molecule has 0 amide bonds. The normalized spacial score (nSPS) is 19.9. The second kappa shape index (κ2) is 9.78. The number of rotatable bonds is 10. The first-order valence-corrected chi connectivity index (χ1v) is 9.03. The fourth-order valence-corrected chi connectivity index (χ4v) is 3.43. The lowest BCUT2D eigenvalue weighted by molar-refractivity contribution is 0.133. The molecule has 1 saturated carbocycles. The van der Waals surface area contributed by atoms with Crippen molar-refractivity contribution in [2.24, 2.45) is 5.92 Å². The molecule has 1 aliphatic carbocycles. The minimum atomic E-state index is 0.665. The molecule has 2 heteroatoms. The molecule has 2 atom stereocenters. The van der Waals surface area contributed by atoms with Crippen LogP contribution in [0.4, 0.5) is 0 Å². The van der Waals surface area contributed by atoms with Gasteiger partial charge in [-0.15, -0.1) is 0 Å². The molecule has 1 fully saturated rings. The third-order valence-corrected chi connectivity index (χ3v) is 4.81. The second-order valence-electron chi connectivity index (χ2n) is 7.31. The van der Waals surface area contributed by atoms with Crippen molar-refractivity contribution in [2.75, 3.05) is 13.1 Å². The van der Waals surface area contributed by atoms with Crippen LogP contribution in [0.3, 0.4) is 0 Å². The first-order valence-electron chi connectivity index (χ1n) is 9.03. The molecule has 0 heterocycles. The minimum absolute atomic E-state index is 0.665. The zero-order valence-corrected chi connectivity index (χ0v) is 14.6. The molecule has 0 aromatic heterocycles. The van der Waals surface area contributed by atoms with Gasteiger partial charge < -0.3 is 5.32 Å². The van der Waals surface area contributed by atoms with Crippen LogP contribution in [0.15, 0.2) is 0 Å². The fraction of sp³-hybridized carbons (Fsp3) is 1.00. The monoisotopic (exact) mass is 282 g/mol. The summed E-state index contributed by atoms with van der Waals surface area (Å²) in [7, 11) is 0. The van der Waals surface area contributed by atoms with E-state index in [2.05, 4.69) is 44.8 Å². The molecule has 1 aliphatic rings. The number of nitrogens with one attached hydrogen (secondary N) is 1. The average Bonchev–Trinajstić information content (AvgIpc) is 2.90. The van der Waals surface area contributed by atoms with Crippen molar-refractivity contribution in [1.29, 1.82) is 0 Å². The van der Waals surface area contributed by atoms with Gasteiger partial charge in [0.2, 0.25) is 0 Å². The fourth-order valence-electron chi connectivity index (χ4n) is 3.43. The first-order chi connectivity index (χ1) is 9.54. The lowest BCUT2D eigenvalue weighted by Gasteiger charge is -2.36. The van der Waals surface area contributed by atoms with Gasteiger partial charge in [0, 0.05) is 24.7 Å². The molecule has 120 valence electrons. The Morgan fingerprint density at radius 2 is 1.70 bits per heavy atom. The Labute approximate surface area is 127 Å². The third-order valence-electron chi connectivity index (χ3n) is 4.81. The van der Waals surface area contributed by atoms with Crippen molar-refractivity contribution < 1.29 is 0 Å². The van der Waals surface area contributed by atoms with E-state index in [1.165, 1.54) is 51.5 Å². The van der Waals surface area contributed by atoms with Crippen LogP contribution in [-0.2, 0) is 0 Å². The molecule has 0 bridgehead atoms. The van der Waals surface area contributed by atoms with E-state index >= 15 is 0 Å². The Bertz CT molecular complexity index is 234. The van der Waals surface area contributed by atoms with E-state index in [0.717, 1.165) is 18.5 Å². The molecule has 0 aliphatic heterocycles. The highest BCUT2D eigenvalue weighted by Gasteiger charge is 2.26. The van der Waals surface area contributed by atoms with Gasteiger partial charge in [0.25, 0.3) is 0 Å². The summed E-state index contributed by atoms with van der Waals surface area (Å²) in [4.78, 5) is 2.80. The van der Waals surface area contributed by atoms with Gasteiger partial charge >= 0.3 is 0 Å². The largest absolute Gasteiger partial charge is 0.313 e. The standard InChI is InChI=1S/C18H38N2/c1-6-9-16(4)19-14-17(5)20(13-12-15(2)3)18-10-7-8-11-18/h15-19H,6-14H2,1-5H3. The first kappa shape index (κ1) is 18.0. The van der Waals surface area contributed by atoms with Crippen LogP contribution >= 0.6 is 0 Å². The molecule has 20 heavy (non-hydrogen) atoms. The molecule has 0 aromatic carbocycles. The van der Waals surface area contributed by atoms with Crippen molar-refractivity contribution in [3.63, 3.8) is 0 Å². The lowest BCUT2D eigenvalue weighted by atomic mass is 10.1. The summed E-state index contributed by atoms with van der Waals surface area (Å²) < 4.78 is 0. The summed E-state index contributed by atoms with van der Waals surface area (Å²) in [6.07, 6.45) is 9.64. The van der Waals surface area contributed by atoms with Crippen molar-refractivity contribution >= 4 is 0 Å².